The average Bonchev–Trinajstić information content (AvgIpc) is 3.06. The van der Waals surface area contributed by atoms with Crippen molar-refractivity contribution in [3.8, 4) is 11.9 Å². The van der Waals surface area contributed by atoms with Crippen molar-refractivity contribution in [2.24, 2.45) is 0 Å². The molecule has 1 atom stereocenters. The smallest absolute Gasteiger partial charge is 0.243 e. The van der Waals surface area contributed by atoms with Gasteiger partial charge >= 0.3 is 0 Å². The van der Waals surface area contributed by atoms with Gasteiger partial charge in [0.05, 0.1) is 28.8 Å². The van der Waals surface area contributed by atoms with Crippen molar-refractivity contribution in [1.29, 1.82) is 5.26 Å². The summed E-state index contributed by atoms with van der Waals surface area (Å²) >= 11 is 0. The van der Waals surface area contributed by atoms with Gasteiger partial charge in [-0.2, -0.15) is 14.7 Å². The molecule has 0 saturated carbocycles. The SMILES string of the molecule is Cc1ccc(O[C@@H]2CCN(S(=O)(=O)c3ccc(C#N)cc3)C2)nn1. The van der Waals surface area contributed by atoms with E-state index in [1.807, 2.05) is 13.0 Å². The Morgan fingerprint density at radius 1 is 1.21 bits per heavy atom. The van der Waals surface area contributed by atoms with Crippen LogP contribution in [0.25, 0.3) is 0 Å². The lowest BCUT2D eigenvalue weighted by Crippen LogP contribution is -2.31. The maximum Gasteiger partial charge on any atom is 0.243 e. The van der Waals surface area contributed by atoms with Crippen molar-refractivity contribution in [2.45, 2.75) is 24.3 Å². The second-order valence-electron chi connectivity index (χ2n) is 5.54. The fourth-order valence-corrected chi connectivity index (χ4v) is 3.97. The fourth-order valence-electron chi connectivity index (χ4n) is 2.48. The number of benzene rings is 1. The van der Waals surface area contributed by atoms with E-state index in [1.165, 1.54) is 28.6 Å². The standard InChI is InChI=1S/C16H16N4O3S/c1-12-2-7-16(19-18-12)23-14-8-9-20(11-14)24(21,22)15-5-3-13(10-17)4-6-15/h2-7,14H,8-9,11H2,1H3/t14-/m1/s1. The summed E-state index contributed by atoms with van der Waals surface area (Å²) in [6, 6.07) is 11.4. The van der Waals surface area contributed by atoms with Gasteiger partial charge in [-0.3, -0.25) is 0 Å². The second kappa shape index (κ2) is 6.55. The van der Waals surface area contributed by atoms with E-state index < -0.39 is 10.0 Å². The van der Waals surface area contributed by atoms with E-state index in [1.54, 1.807) is 12.1 Å². The first-order chi connectivity index (χ1) is 11.5. The van der Waals surface area contributed by atoms with Crippen LogP contribution < -0.4 is 4.74 Å². The van der Waals surface area contributed by atoms with Gasteiger partial charge in [0.2, 0.25) is 15.9 Å². The number of sulfonamides is 1. The molecule has 7 nitrogen and oxygen atoms in total. The Morgan fingerprint density at radius 3 is 2.58 bits per heavy atom. The van der Waals surface area contributed by atoms with Crippen LogP contribution in [-0.2, 0) is 10.0 Å². The third kappa shape index (κ3) is 3.37. The molecule has 1 saturated heterocycles. The molecule has 0 N–H and O–H groups in total. The number of nitrogens with zero attached hydrogens (tertiary/aromatic N) is 4. The molecule has 124 valence electrons. The van der Waals surface area contributed by atoms with E-state index >= 15 is 0 Å². The summed E-state index contributed by atoms with van der Waals surface area (Å²) in [6.45, 7) is 2.47. The summed E-state index contributed by atoms with van der Waals surface area (Å²) < 4.78 is 32.4. The minimum Gasteiger partial charge on any atom is -0.472 e. The van der Waals surface area contributed by atoms with Gasteiger partial charge in [0.1, 0.15) is 6.10 Å². The lowest BCUT2D eigenvalue weighted by molar-refractivity contribution is 0.204. The summed E-state index contributed by atoms with van der Waals surface area (Å²) in [4.78, 5) is 0.178. The van der Waals surface area contributed by atoms with Crippen molar-refractivity contribution in [2.75, 3.05) is 13.1 Å². The molecule has 0 spiro atoms. The average molecular weight is 344 g/mol. The van der Waals surface area contributed by atoms with E-state index in [-0.39, 0.29) is 17.5 Å². The van der Waals surface area contributed by atoms with E-state index in [0.29, 0.717) is 24.4 Å². The predicted octanol–water partition coefficient (Wildman–Crippen LogP) is 1.50. The van der Waals surface area contributed by atoms with Crippen molar-refractivity contribution >= 4 is 10.0 Å². The van der Waals surface area contributed by atoms with Crippen molar-refractivity contribution in [3.05, 3.63) is 47.7 Å². The lowest BCUT2D eigenvalue weighted by atomic mass is 10.2. The van der Waals surface area contributed by atoms with Crippen LogP contribution in [0.15, 0.2) is 41.3 Å². The van der Waals surface area contributed by atoms with Gasteiger partial charge in [-0.1, -0.05) is 0 Å². The Bertz CT molecular complexity index is 858. The molecule has 3 rings (SSSR count). The molecule has 1 aliphatic rings. The number of hydrogen-bond donors (Lipinski definition) is 0. The summed E-state index contributed by atoms with van der Waals surface area (Å²) in [5.41, 5.74) is 1.22. The Labute approximate surface area is 140 Å². The molecule has 2 aromatic rings. The highest BCUT2D eigenvalue weighted by molar-refractivity contribution is 7.89. The van der Waals surface area contributed by atoms with Crippen LogP contribution in [0, 0.1) is 18.3 Å². The molecule has 1 aliphatic heterocycles. The van der Waals surface area contributed by atoms with Crippen molar-refractivity contribution in [1.82, 2.24) is 14.5 Å². The molecule has 0 aliphatic carbocycles. The van der Waals surface area contributed by atoms with E-state index in [0.717, 1.165) is 5.69 Å². The van der Waals surface area contributed by atoms with E-state index in [9.17, 15) is 8.42 Å². The van der Waals surface area contributed by atoms with E-state index in [4.69, 9.17) is 10.00 Å². The van der Waals surface area contributed by atoms with Gasteiger partial charge in [-0.15, -0.1) is 5.10 Å². The quantitative estimate of drug-likeness (QED) is 0.834. The van der Waals surface area contributed by atoms with Crippen LogP contribution in [0.5, 0.6) is 5.88 Å². The summed E-state index contributed by atoms with van der Waals surface area (Å²) in [5, 5.41) is 16.7. The molecule has 8 heteroatoms. The van der Waals surface area contributed by atoms with Crippen molar-refractivity contribution in [3.63, 3.8) is 0 Å². The number of rotatable bonds is 4. The zero-order valence-electron chi connectivity index (χ0n) is 13.1. The number of aromatic nitrogens is 2. The van der Waals surface area contributed by atoms with Crippen LogP contribution in [0.2, 0.25) is 0 Å². The molecular weight excluding hydrogens is 328 g/mol. The third-order valence-electron chi connectivity index (χ3n) is 3.79. The van der Waals surface area contributed by atoms with Gasteiger partial charge in [0, 0.05) is 12.6 Å². The maximum absolute atomic E-state index is 12.6. The topological polar surface area (TPSA) is 96.2 Å². The number of nitriles is 1. The molecule has 2 heterocycles. The molecule has 0 unspecified atom stereocenters. The zero-order chi connectivity index (χ0) is 17.2. The molecule has 0 amide bonds. The zero-order valence-corrected chi connectivity index (χ0v) is 13.9. The van der Waals surface area contributed by atoms with Gasteiger partial charge in [0.15, 0.2) is 0 Å². The molecule has 1 aromatic carbocycles. The Morgan fingerprint density at radius 2 is 1.96 bits per heavy atom. The Balaban J connectivity index is 1.69. The lowest BCUT2D eigenvalue weighted by Gasteiger charge is -2.17. The summed E-state index contributed by atoms with van der Waals surface area (Å²) in [7, 11) is -3.59. The molecular formula is C16H16N4O3S. The van der Waals surface area contributed by atoms with Gasteiger partial charge < -0.3 is 4.74 Å². The van der Waals surface area contributed by atoms with Gasteiger partial charge in [0.25, 0.3) is 0 Å². The largest absolute Gasteiger partial charge is 0.472 e. The summed E-state index contributed by atoms with van der Waals surface area (Å²) in [6.07, 6.45) is 0.334. The van der Waals surface area contributed by atoms with Gasteiger partial charge in [-0.25, -0.2) is 8.42 Å². The molecule has 1 fully saturated rings. The number of hydrogen-bond acceptors (Lipinski definition) is 6. The minimum atomic E-state index is -3.59. The van der Waals surface area contributed by atoms with Crippen LogP contribution in [0.4, 0.5) is 0 Å². The second-order valence-corrected chi connectivity index (χ2v) is 7.48. The van der Waals surface area contributed by atoms with Crippen LogP contribution in [-0.4, -0.2) is 42.1 Å². The monoisotopic (exact) mass is 344 g/mol. The Hall–Kier alpha value is -2.50. The highest BCUT2D eigenvalue weighted by atomic mass is 32.2. The molecule has 1 aromatic heterocycles. The van der Waals surface area contributed by atoms with Crippen LogP contribution in [0.1, 0.15) is 17.7 Å². The maximum atomic E-state index is 12.6. The highest BCUT2D eigenvalue weighted by Gasteiger charge is 2.33. The number of aryl methyl sites for hydroxylation is 1. The normalized spacial score (nSPS) is 18.2. The number of ether oxygens (including phenoxy) is 1. The van der Waals surface area contributed by atoms with Crippen molar-refractivity contribution < 1.29 is 13.2 Å². The first kappa shape index (κ1) is 16.4. The van der Waals surface area contributed by atoms with E-state index in [2.05, 4.69) is 10.2 Å². The molecule has 24 heavy (non-hydrogen) atoms. The van der Waals surface area contributed by atoms with Crippen LogP contribution in [0.3, 0.4) is 0 Å². The molecule has 0 radical (unpaired) electrons. The predicted molar refractivity (Wildman–Crippen MR) is 85.7 cm³/mol. The minimum absolute atomic E-state index is 0.178. The first-order valence-electron chi connectivity index (χ1n) is 7.46. The first-order valence-corrected chi connectivity index (χ1v) is 8.90. The Kier molecular flexibility index (Phi) is 4.46. The summed E-state index contributed by atoms with van der Waals surface area (Å²) in [5.74, 6) is 0.392. The molecule has 0 bridgehead atoms. The highest BCUT2D eigenvalue weighted by Crippen LogP contribution is 2.23. The van der Waals surface area contributed by atoms with Crippen LogP contribution >= 0.6 is 0 Å². The van der Waals surface area contributed by atoms with Gasteiger partial charge in [-0.05, 0) is 43.7 Å². The fraction of sp³-hybridized carbons (Fsp3) is 0.312. The third-order valence-corrected chi connectivity index (χ3v) is 5.67.